The van der Waals surface area contributed by atoms with Gasteiger partial charge in [0.2, 0.25) is 0 Å². The maximum atomic E-state index is 10.4. The lowest BCUT2D eigenvalue weighted by molar-refractivity contribution is -0.152. The Bertz CT molecular complexity index is 923. The van der Waals surface area contributed by atoms with Gasteiger partial charge in [-0.25, -0.2) is 0 Å². The van der Waals surface area contributed by atoms with Crippen molar-refractivity contribution in [1.29, 1.82) is 0 Å². The van der Waals surface area contributed by atoms with Crippen LogP contribution in [0.5, 0.6) is 0 Å². The smallest absolute Gasteiger partial charge is 0.0787 e. The van der Waals surface area contributed by atoms with Crippen LogP contribution in [-0.4, -0.2) is 71.9 Å². The third-order valence-electron chi connectivity index (χ3n) is 13.4. The Kier molecular flexibility index (Phi) is 7.16. The largest absolute Gasteiger partial charge is 0.394 e. The van der Waals surface area contributed by atoms with Gasteiger partial charge in [-0.05, 0) is 92.8 Å². The van der Waals surface area contributed by atoms with Crippen LogP contribution in [0.3, 0.4) is 0 Å². The zero-order chi connectivity index (χ0) is 26.9. The van der Waals surface area contributed by atoms with E-state index in [1.807, 2.05) is 0 Å². The zero-order valence-corrected chi connectivity index (χ0v) is 24.9. The molecule has 2 heterocycles. The first kappa shape index (κ1) is 27.7. The number of fused-ring (bicyclic) bond motifs is 4. The van der Waals surface area contributed by atoms with E-state index >= 15 is 0 Å². The molecule has 4 aliphatic carbocycles. The summed E-state index contributed by atoms with van der Waals surface area (Å²) in [6.07, 6.45) is 14.6. The van der Waals surface area contributed by atoms with Crippen LogP contribution in [0.2, 0.25) is 0 Å². The number of ether oxygens (including phenoxy) is 2. The van der Waals surface area contributed by atoms with E-state index < -0.39 is 0 Å². The highest BCUT2D eigenvalue weighted by atomic mass is 16.5. The number of aliphatic hydroxyl groups is 2. The van der Waals surface area contributed by atoms with Gasteiger partial charge in [0.1, 0.15) is 0 Å². The van der Waals surface area contributed by atoms with Gasteiger partial charge in [0.25, 0.3) is 0 Å². The average molecular weight is 530 g/mol. The lowest BCUT2D eigenvalue weighted by atomic mass is 9.54. The molecule has 2 aliphatic heterocycles. The standard InChI is InChI=1S/C33H55NO4/c1-22-17-28-29(34(20-22)13-15-37-16-14-35)24(3)33(38-28)12-9-23(2)32(21-31(32,33)5)19-26-8-6-7-25-18-27(36)10-11-30(25,26)4/h7,22-24,26-29,35-36H,6,8-21H2,1-5H3/t22-,23+,24+,26+,27-,28+,29-,30-,31?,32?,33+/m0/s1. The zero-order valence-electron chi connectivity index (χ0n) is 24.9. The molecule has 6 aliphatic rings. The van der Waals surface area contributed by atoms with Gasteiger partial charge in [0.05, 0.1) is 37.6 Å². The Morgan fingerprint density at radius 2 is 1.92 bits per heavy atom. The lowest BCUT2D eigenvalue weighted by Crippen LogP contribution is -2.55. The Morgan fingerprint density at radius 1 is 1.11 bits per heavy atom. The lowest BCUT2D eigenvalue weighted by Gasteiger charge is -2.53. The molecule has 0 aromatic carbocycles. The van der Waals surface area contributed by atoms with Crippen LogP contribution in [-0.2, 0) is 9.47 Å². The van der Waals surface area contributed by atoms with Crippen LogP contribution >= 0.6 is 0 Å². The highest BCUT2D eigenvalue weighted by Crippen LogP contribution is 2.82. The van der Waals surface area contributed by atoms with E-state index in [9.17, 15) is 5.11 Å². The van der Waals surface area contributed by atoms with Crippen molar-refractivity contribution in [1.82, 2.24) is 4.90 Å². The number of likely N-dealkylation sites (tertiary alicyclic amines) is 1. The molecular weight excluding hydrogens is 474 g/mol. The number of nitrogens with zero attached hydrogens (tertiary/aromatic N) is 1. The third-order valence-corrected chi connectivity index (χ3v) is 13.4. The highest BCUT2D eigenvalue weighted by molar-refractivity contribution is 5.31. The molecule has 0 bridgehead atoms. The number of piperidine rings is 1. The molecule has 38 heavy (non-hydrogen) atoms. The summed E-state index contributed by atoms with van der Waals surface area (Å²) in [5, 5.41) is 19.6. The molecule has 5 nitrogen and oxygen atoms in total. The molecule has 6 rings (SSSR count). The molecular formula is C33H55NO4. The van der Waals surface area contributed by atoms with Gasteiger partial charge in [-0.2, -0.15) is 0 Å². The van der Waals surface area contributed by atoms with Crippen molar-refractivity contribution in [3.8, 4) is 0 Å². The van der Waals surface area contributed by atoms with Crippen molar-refractivity contribution in [2.45, 2.75) is 123 Å². The van der Waals surface area contributed by atoms with E-state index in [-0.39, 0.29) is 29.1 Å². The summed E-state index contributed by atoms with van der Waals surface area (Å²) in [6, 6.07) is 0.481. The first-order chi connectivity index (χ1) is 18.1. The minimum absolute atomic E-state index is 0.0138. The molecule has 3 saturated carbocycles. The predicted octanol–water partition coefficient (Wildman–Crippen LogP) is 5.58. The third kappa shape index (κ3) is 3.95. The monoisotopic (exact) mass is 529 g/mol. The predicted molar refractivity (Wildman–Crippen MR) is 151 cm³/mol. The van der Waals surface area contributed by atoms with Crippen molar-refractivity contribution < 1.29 is 19.7 Å². The highest BCUT2D eigenvalue weighted by Gasteiger charge is 2.80. The van der Waals surface area contributed by atoms with Crippen LogP contribution in [0.15, 0.2) is 11.6 Å². The van der Waals surface area contributed by atoms with Crippen molar-refractivity contribution in [3.63, 3.8) is 0 Å². The molecule has 0 radical (unpaired) electrons. The van der Waals surface area contributed by atoms with Gasteiger partial charge in [-0.1, -0.05) is 46.3 Å². The molecule has 5 heteroatoms. The minimum Gasteiger partial charge on any atom is -0.394 e. The second-order valence-electron chi connectivity index (χ2n) is 15.1. The van der Waals surface area contributed by atoms with E-state index in [1.165, 1.54) is 44.9 Å². The van der Waals surface area contributed by atoms with Gasteiger partial charge < -0.3 is 19.7 Å². The quantitative estimate of drug-likeness (QED) is 0.333. The molecule has 2 N–H and O–H groups in total. The maximum absolute atomic E-state index is 10.4. The van der Waals surface area contributed by atoms with Crippen LogP contribution in [0.4, 0.5) is 0 Å². The van der Waals surface area contributed by atoms with Crippen molar-refractivity contribution in [2.75, 3.05) is 32.9 Å². The van der Waals surface area contributed by atoms with Crippen LogP contribution in [0.25, 0.3) is 0 Å². The van der Waals surface area contributed by atoms with Crippen LogP contribution < -0.4 is 0 Å². The first-order valence-corrected chi connectivity index (χ1v) is 16.1. The number of aliphatic hydroxyl groups excluding tert-OH is 2. The molecule has 0 aromatic heterocycles. The first-order valence-electron chi connectivity index (χ1n) is 16.1. The summed E-state index contributed by atoms with van der Waals surface area (Å²) in [5.74, 6) is 2.66. The second kappa shape index (κ2) is 9.82. The summed E-state index contributed by atoms with van der Waals surface area (Å²) in [7, 11) is 0. The number of hydrogen-bond donors (Lipinski definition) is 2. The molecule has 216 valence electrons. The van der Waals surface area contributed by atoms with Crippen molar-refractivity contribution in [3.05, 3.63) is 11.6 Å². The molecule has 0 aromatic rings. The van der Waals surface area contributed by atoms with Gasteiger partial charge >= 0.3 is 0 Å². The van der Waals surface area contributed by atoms with E-state index in [4.69, 9.17) is 14.6 Å². The number of allylic oxidation sites excluding steroid dienone is 1. The van der Waals surface area contributed by atoms with Gasteiger partial charge in [-0.3, -0.25) is 4.90 Å². The molecule has 11 atom stereocenters. The number of rotatable bonds is 7. The Balaban J connectivity index is 1.25. The Morgan fingerprint density at radius 3 is 2.71 bits per heavy atom. The van der Waals surface area contributed by atoms with Crippen molar-refractivity contribution in [2.24, 2.45) is 39.9 Å². The van der Waals surface area contributed by atoms with Gasteiger partial charge in [0, 0.05) is 30.5 Å². The average Bonchev–Trinajstić information content (AvgIpc) is 3.41. The summed E-state index contributed by atoms with van der Waals surface area (Å²) in [4.78, 5) is 2.69. The fourth-order valence-corrected chi connectivity index (χ4v) is 11.2. The van der Waals surface area contributed by atoms with E-state index in [0.717, 1.165) is 44.2 Å². The Labute approximate surface area is 231 Å². The molecule has 2 saturated heterocycles. The topological polar surface area (TPSA) is 62.2 Å². The van der Waals surface area contributed by atoms with E-state index in [2.05, 4.69) is 45.6 Å². The van der Waals surface area contributed by atoms with Crippen molar-refractivity contribution >= 4 is 0 Å². The summed E-state index contributed by atoms with van der Waals surface area (Å²) in [5.41, 5.74) is 2.47. The fraction of sp³-hybridized carbons (Fsp3) is 0.939. The molecule has 1 spiro atoms. The number of hydrogen-bond acceptors (Lipinski definition) is 5. The van der Waals surface area contributed by atoms with Gasteiger partial charge in [-0.15, -0.1) is 0 Å². The van der Waals surface area contributed by atoms with E-state index in [0.29, 0.717) is 42.6 Å². The Hall–Kier alpha value is -0.460. The summed E-state index contributed by atoms with van der Waals surface area (Å²) < 4.78 is 13.1. The second-order valence-corrected chi connectivity index (χ2v) is 15.1. The maximum Gasteiger partial charge on any atom is 0.0787 e. The van der Waals surface area contributed by atoms with E-state index in [1.54, 1.807) is 5.57 Å². The SMILES string of the molecule is C[C@H]1C[C@H]2O[C@]3(CC[C@@H](C)C4(C[C@H]5CCC=C6C[C@@H](O)CC[C@@]65C)CC43C)[C@H](C)[C@@H]2N(CCOCCO)C1. The van der Waals surface area contributed by atoms with Crippen LogP contribution in [0.1, 0.15) is 98.8 Å². The summed E-state index contributed by atoms with van der Waals surface area (Å²) >= 11 is 0. The van der Waals surface area contributed by atoms with Gasteiger partial charge in [0.15, 0.2) is 0 Å². The normalized spacial score (nSPS) is 52.3. The minimum atomic E-state index is -0.134. The molecule has 5 fully saturated rings. The summed E-state index contributed by atoms with van der Waals surface area (Å²) in [6.45, 7) is 15.9. The van der Waals surface area contributed by atoms with Crippen LogP contribution in [0, 0.1) is 39.9 Å². The molecule has 0 amide bonds. The fourth-order valence-electron chi connectivity index (χ4n) is 11.2. The molecule has 2 unspecified atom stereocenters.